The lowest BCUT2D eigenvalue weighted by atomic mass is 10.1. The molecule has 8 heteroatoms. The predicted octanol–water partition coefficient (Wildman–Crippen LogP) is 2.50. The smallest absolute Gasteiger partial charge is 0.254 e. The van der Waals surface area contributed by atoms with Gasteiger partial charge in [-0.1, -0.05) is 12.1 Å². The Hall–Kier alpha value is -3.00. The van der Waals surface area contributed by atoms with Crippen LogP contribution in [0.1, 0.15) is 28.9 Å². The van der Waals surface area contributed by atoms with Gasteiger partial charge in [-0.15, -0.1) is 0 Å². The number of rotatable bonds is 5. The van der Waals surface area contributed by atoms with Gasteiger partial charge in [0, 0.05) is 18.9 Å². The third kappa shape index (κ3) is 4.06. The van der Waals surface area contributed by atoms with Crippen LogP contribution in [-0.2, 0) is 9.84 Å². The van der Waals surface area contributed by atoms with Gasteiger partial charge in [-0.05, 0) is 48.9 Å². The molecule has 0 aliphatic heterocycles. The Morgan fingerprint density at radius 3 is 2.22 bits per heavy atom. The van der Waals surface area contributed by atoms with E-state index < -0.39 is 9.84 Å². The van der Waals surface area contributed by atoms with E-state index in [-0.39, 0.29) is 16.8 Å². The highest BCUT2D eigenvalue weighted by molar-refractivity contribution is 7.90. The molecule has 1 aromatic heterocycles. The van der Waals surface area contributed by atoms with E-state index in [9.17, 15) is 13.2 Å². The lowest BCUT2D eigenvalue weighted by Gasteiger charge is -2.25. The van der Waals surface area contributed by atoms with Gasteiger partial charge in [0.2, 0.25) is 0 Å². The summed E-state index contributed by atoms with van der Waals surface area (Å²) in [5.74, 6) is -0.178. The van der Waals surface area contributed by atoms with Gasteiger partial charge in [-0.25, -0.2) is 18.1 Å². The van der Waals surface area contributed by atoms with Crippen LogP contribution in [0.15, 0.2) is 66.1 Å². The highest BCUT2D eigenvalue weighted by atomic mass is 32.2. The summed E-state index contributed by atoms with van der Waals surface area (Å²) in [4.78, 5) is 18.5. The number of hydrogen-bond donors (Lipinski definition) is 0. The average molecular weight is 384 g/mol. The van der Waals surface area contributed by atoms with Crippen LogP contribution in [0, 0.1) is 0 Å². The van der Waals surface area contributed by atoms with E-state index in [1.807, 2.05) is 31.2 Å². The Balaban J connectivity index is 1.76. The molecule has 1 amide bonds. The SMILES string of the molecule is CC(c1ccc(-n2cncn2)cc1)N(C)C(=O)c1ccc(S(C)(=O)=O)cc1. The Morgan fingerprint density at radius 2 is 1.70 bits per heavy atom. The summed E-state index contributed by atoms with van der Waals surface area (Å²) in [5, 5.41) is 4.09. The minimum Gasteiger partial charge on any atom is -0.335 e. The number of benzene rings is 2. The minimum absolute atomic E-state index is 0.156. The molecule has 0 spiro atoms. The monoisotopic (exact) mass is 384 g/mol. The molecule has 7 nitrogen and oxygen atoms in total. The van der Waals surface area contributed by atoms with Gasteiger partial charge in [-0.2, -0.15) is 5.10 Å². The summed E-state index contributed by atoms with van der Waals surface area (Å²) in [6, 6.07) is 13.5. The van der Waals surface area contributed by atoms with Gasteiger partial charge >= 0.3 is 0 Å². The molecule has 0 radical (unpaired) electrons. The van der Waals surface area contributed by atoms with E-state index in [2.05, 4.69) is 10.1 Å². The fraction of sp³-hybridized carbons (Fsp3) is 0.211. The second-order valence-corrected chi connectivity index (χ2v) is 8.34. The zero-order valence-electron chi connectivity index (χ0n) is 15.3. The normalized spacial score (nSPS) is 12.6. The third-order valence-electron chi connectivity index (χ3n) is 4.49. The zero-order chi connectivity index (χ0) is 19.6. The van der Waals surface area contributed by atoms with Crippen LogP contribution in [0.2, 0.25) is 0 Å². The molecule has 1 unspecified atom stereocenters. The fourth-order valence-corrected chi connectivity index (χ4v) is 3.33. The Labute approximate surface area is 158 Å². The molecule has 2 aromatic carbocycles. The molecule has 0 aliphatic carbocycles. The molecule has 0 bridgehead atoms. The summed E-state index contributed by atoms with van der Waals surface area (Å²) in [6.45, 7) is 1.94. The lowest BCUT2D eigenvalue weighted by Crippen LogP contribution is -2.29. The van der Waals surface area contributed by atoms with E-state index >= 15 is 0 Å². The van der Waals surface area contributed by atoms with Crippen LogP contribution < -0.4 is 0 Å². The summed E-state index contributed by atoms with van der Waals surface area (Å²) in [7, 11) is -1.56. The maximum atomic E-state index is 12.7. The first kappa shape index (κ1) is 18.8. The largest absolute Gasteiger partial charge is 0.335 e. The maximum Gasteiger partial charge on any atom is 0.254 e. The predicted molar refractivity (Wildman–Crippen MR) is 101 cm³/mol. The van der Waals surface area contributed by atoms with Crippen molar-refractivity contribution in [3.8, 4) is 5.69 Å². The molecule has 140 valence electrons. The van der Waals surface area contributed by atoms with Crippen LogP contribution in [0.3, 0.4) is 0 Å². The number of carbonyl (C=O) groups excluding carboxylic acids is 1. The van der Waals surface area contributed by atoms with Crippen molar-refractivity contribution in [2.75, 3.05) is 13.3 Å². The van der Waals surface area contributed by atoms with E-state index in [1.54, 1.807) is 23.0 Å². The molecule has 27 heavy (non-hydrogen) atoms. The molecule has 3 rings (SSSR count). The number of sulfone groups is 1. The molecular formula is C19H20N4O3S. The quantitative estimate of drug-likeness (QED) is 0.675. The molecule has 3 aromatic rings. The third-order valence-corrected chi connectivity index (χ3v) is 5.62. The lowest BCUT2D eigenvalue weighted by molar-refractivity contribution is 0.0742. The van der Waals surface area contributed by atoms with Crippen molar-refractivity contribution < 1.29 is 13.2 Å². The van der Waals surface area contributed by atoms with Crippen molar-refractivity contribution in [3.05, 3.63) is 72.3 Å². The topological polar surface area (TPSA) is 85.2 Å². The molecule has 0 saturated carbocycles. The van der Waals surface area contributed by atoms with E-state index in [1.165, 1.54) is 30.6 Å². The molecule has 0 saturated heterocycles. The Bertz CT molecular complexity index is 1030. The molecular weight excluding hydrogens is 364 g/mol. The number of nitrogens with zero attached hydrogens (tertiary/aromatic N) is 4. The van der Waals surface area contributed by atoms with Gasteiger partial charge in [0.05, 0.1) is 16.6 Å². The number of carbonyl (C=O) groups is 1. The summed E-state index contributed by atoms with van der Waals surface area (Å²) >= 11 is 0. The van der Waals surface area contributed by atoms with Crippen molar-refractivity contribution in [2.45, 2.75) is 17.9 Å². The summed E-state index contributed by atoms with van der Waals surface area (Å²) in [6.07, 6.45) is 4.23. The van der Waals surface area contributed by atoms with Crippen LogP contribution in [-0.4, -0.2) is 47.3 Å². The van der Waals surface area contributed by atoms with E-state index in [0.717, 1.165) is 17.5 Å². The number of aromatic nitrogens is 3. The first-order valence-corrected chi connectivity index (χ1v) is 10.2. The first-order valence-electron chi connectivity index (χ1n) is 8.29. The van der Waals surface area contributed by atoms with Crippen LogP contribution in [0.25, 0.3) is 5.69 Å². The van der Waals surface area contributed by atoms with Crippen molar-refractivity contribution in [2.24, 2.45) is 0 Å². The Kier molecular flexibility index (Phi) is 5.09. The van der Waals surface area contributed by atoms with Crippen molar-refractivity contribution >= 4 is 15.7 Å². The average Bonchev–Trinajstić information content (AvgIpc) is 3.20. The van der Waals surface area contributed by atoms with Gasteiger partial charge < -0.3 is 4.90 Å². The number of hydrogen-bond acceptors (Lipinski definition) is 5. The highest BCUT2D eigenvalue weighted by Crippen LogP contribution is 2.22. The van der Waals surface area contributed by atoms with Gasteiger partial charge in [0.1, 0.15) is 12.7 Å². The van der Waals surface area contributed by atoms with E-state index in [4.69, 9.17) is 0 Å². The summed E-state index contributed by atoms with van der Waals surface area (Å²) < 4.78 is 24.8. The van der Waals surface area contributed by atoms with E-state index in [0.29, 0.717) is 5.56 Å². The first-order chi connectivity index (χ1) is 12.8. The standard InChI is InChI=1S/C19H20N4O3S/c1-14(15-4-8-17(9-5-15)23-13-20-12-21-23)22(2)19(24)16-6-10-18(11-7-16)27(3,25)26/h4-14H,1-3H3. The second-order valence-electron chi connectivity index (χ2n) is 6.32. The molecule has 1 atom stereocenters. The van der Waals surface area contributed by atoms with Crippen molar-refractivity contribution in [1.82, 2.24) is 19.7 Å². The number of amides is 1. The zero-order valence-corrected chi connectivity index (χ0v) is 16.1. The molecule has 0 aliphatic rings. The summed E-state index contributed by atoms with van der Waals surface area (Å²) in [5.41, 5.74) is 2.30. The molecule has 1 heterocycles. The van der Waals surface area contributed by atoms with Crippen LogP contribution >= 0.6 is 0 Å². The minimum atomic E-state index is -3.28. The fourth-order valence-electron chi connectivity index (χ4n) is 2.69. The van der Waals surface area contributed by atoms with Gasteiger partial charge in [-0.3, -0.25) is 4.79 Å². The van der Waals surface area contributed by atoms with Crippen molar-refractivity contribution in [1.29, 1.82) is 0 Å². The van der Waals surface area contributed by atoms with Gasteiger partial charge in [0.15, 0.2) is 9.84 Å². The second kappa shape index (κ2) is 7.32. The molecule has 0 fully saturated rings. The van der Waals surface area contributed by atoms with Crippen LogP contribution in [0.5, 0.6) is 0 Å². The highest BCUT2D eigenvalue weighted by Gasteiger charge is 2.19. The molecule has 0 N–H and O–H groups in total. The maximum absolute atomic E-state index is 12.7. The van der Waals surface area contributed by atoms with Gasteiger partial charge in [0.25, 0.3) is 5.91 Å². The van der Waals surface area contributed by atoms with Crippen LogP contribution in [0.4, 0.5) is 0 Å². The Morgan fingerprint density at radius 1 is 1.07 bits per heavy atom. The van der Waals surface area contributed by atoms with Crippen molar-refractivity contribution in [3.63, 3.8) is 0 Å².